The van der Waals surface area contributed by atoms with Gasteiger partial charge in [-0.1, -0.05) is 12.5 Å². The van der Waals surface area contributed by atoms with Crippen molar-refractivity contribution >= 4 is 0 Å². The fourth-order valence-corrected chi connectivity index (χ4v) is 2.16. The van der Waals surface area contributed by atoms with E-state index in [9.17, 15) is 5.21 Å². The largest absolute Gasteiger partial charge is 0.314 e. The zero-order valence-corrected chi connectivity index (χ0v) is 8.14. The minimum atomic E-state index is 0.249. The SMILES string of the molecule is C=C(C)C[C@]1(C)CCCN(O)C1. The van der Waals surface area contributed by atoms with E-state index < -0.39 is 0 Å². The van der Waals surface area contributed by atoms with Gasteiger partial charge < -0.3 is 5.21 Å². The van der Waals surface area contributed by atoms with Crippen LogP contribution in [0, 0.1) is 5.41 Å². The van der Waals surface area contributed by atoms with E-state index in [0.29, 0.717) is 0 Å². The fraction of sp³-hybridized carbons (Fsp3) is 0.800. The van der Waals surface area contributed by atoms with Crippen LogP contribution >= 0.6 is 0 Å². The number of nitrogens with zero attached hydrogens (tertiary/aromatic N) is 1. The summed E-state index contributed by atoms with van der Waals surface area (Å²) in [5, 5.41) is 10.8. The van der Waals surface area contributed by atoms with E-state index in [4.69, 9.17) is 0 Å². The number of allylic oxidation sites excluding steroid dienone is 1. The van der Waals surface area contributed by atoms with Crippen LogP contribution in [0.1, 0.15) is 33.1 Å². The molecule has 2 heteroatoms. The van der Waals surface area contributed by atoms with Crippen LogP contribution in [0.3, 0.4) is 0 Å². The van der Waals surface area contributed by atoms with E-state index in [-0.39, 0.29) is 5.41 Å². The van der Waals surface area contributed by atoms with Gasteiger partial charge >= 0.3 is 0 Å². The second-order valence-corrected chi connectivity index (χ2v) is 4.44. The number of piperidine rings is 1. The second kappa shape index (κ2) is 3.58. The van der Waals surface area contributed by atoms with Gasteiger partial charge in [-0.15, -0.1) is 6.58 Å². The Labute approximate surface area is 74.8 Å². The molecule has 0 aromatic rings. The van der Waals surface area contributed by atoms with Gasteiger partial charge in [0.25, 0.3) is 0 Å². The molecule has 0 aliphatic carbocycles. The third kappa shape index (κ3) is 2.61. The molecule has 1 N–H and O–H groups in total. The van der Waals surface area contributed by atoms with E-state index >= 15 is 0 Å². The normalized spacial score (nSPS) is 31.9. The Kier molecular flexibility index (Phi) is 2.91. The molecule has 0 spiro atoms. The molecule has 0 aromatic heterocycles. The van der Waals surface area contributed by atoms with Crippen LogP contribution in [-0.2, 0) is 0 Å². The van der Waals surface area contributed by atoms with Crippen LogP contribution in [0.2, 0.25) is 0 Å². The third-order valence-electron chi connectivity index (χ3n) is 2.49. The highest BCUT2D eigenvalue weighted by molar-refractivity contribution is 4.97. The lowest BCUT2D eigenvalue weighted by molar-refractivity contribution is -0.135. The summed E-state index contributed by atoms with van der Waals surface area (Å²) in [7, 11) is 0. The average Bonchev–Trinajstić information content (AvgIpc) is 1.82. The molecule has 1 aliphatic heterocycles. The molecule has 0 saturated carbocycles. The minimum absolute atomic E-state index is 0.249. The fourth-order valence-electron chi connectivity index (χ4n) is 2.16. The van der Waals surface area contributed by atoms with E-state index in [1.54, 1.807) is 0 Å². The van der Waals surface area contributed by atoms with E-state index in [1.165, 1.54) is 17.1 Å². The van der Waals surface area contributed by atoms with Crippen LogP contribution in [0.5, 0.6) is 0 Å². The zero-order chi connectivity index (χ0) is 9.19. The monoisotopic (exact) mass is 169 g/mol. The Morgan fingerprint density at radius 2 is 2.33 bits per heavy atom. The van der Waals surface area contributed by atoms with Gasteiger partial charge in [-0.2, -0.15) is 5.06 Å². The number of hydrogen-bond donors (Lipinski definition) is 1. The first-order valence-electron chi connectivity index (χ1n) is 4.60. The Bertz CT molecular complexity index is 179. The Hall–Kier alpha value is -0.340. The first kappa shape index (κ1) is 9.75. The number of hydrogen-bond acceptors (Lipinski definition) is 2. The van der Waals surface area contributed by atoms with Crippen molar-refractivity contribution in [1.29, 1.82) is 0 Å². The standard InChI is InChI=1S/C10H19NO/c1-9(2)7-10(3)5-4-6-11(12)8-10/h12H,1,4-8H2,2-3H3/t10-/m0/s1. The summed E-state index contributed by atoms with van der Waals surface area (Å²) in [4.78, 5) is 0. The van der Waals surface area contributed by atoms with Gasteiger partial charge in [0.1, 0.15) is 0 Å². The minimum Gasteiger partial charge on any atom is -0.314 e. The van der Waals surface area contributed by atoms with Crippen molar-refractivity contribution in [3.63, 3.8) is 0 Å². The maximum Gasteiger partial charge on any atom is 0.0295 e. The molecule has 1 rings (SSSR count). The molecule has 2 nitrogen and oxygen atoms in total. The summed E-state index contributed by atoms with van der Waals surface area (Å²) in [6, 6.07) is 0. The highest BCUT2D eigenvalue weighted by atomic mass is 16.5. The quantitative estimate of drug-likeness (QED) is 0.642. The molecule has 1 fully saturated rings. The first-order valence-corrected chi connectivity index (χ1v) is 4.60. The van der Waals surface area contributed by atoms with Crippen molar-refractivity contribution in [3.8, 4) is 0 Å². The van der Waals surface area contributed by atoms with Gasteiger partial charge in [0.2, 0.25) is 0 Å². The predicted octanol–water partition coefficient (Wildman–Crippen LogP) is 2.44. The van der Waals surface area contributed by atoms with Crippen LogP contribution in [0.25, 0.3) is 0 Å². The highest BCUT2D eigenvalue weighted by Crippen LogP contribution is 2.34. The van der Waals surface area contributed by atoms with Crippen LogP contribution in [-0.4, -0.2) is 23.4 Å². The van der Waals surface area contributed by atoms with E-state index in [1.807, 2.05) is 0 Å². The van der Waals surface area contributed by atoms with Crippen molar-refractivity contribution in [3.05, 3.63) is 12.2 Å². The van der Waals surface area contributed by atoms with Crippen LogP contribution in [0.4, 0.5) is 0 Å². The van der Waals surface area contributed by atoms with Crippen molar-refractivity contribution in [2.24, 2.45) is 5.41 Å². The van der Waals surface area contributed by atoms with E-state index in [2.05, 4.69) is 20.4 Å². The third-order valence-corrected chi connectivity index (χ3v) is 2.49. The lowest BCUT2D eigenvalue weighted by Gasteiger charge is -2.37. The molecule has 0 aromatic carbocycles. The summed E-state index contributed by atoms with van der Waals surface area (Å²) >= 11 is 0. The van der Waals surface area contributed by atoms with Crippen LogP contribution < -0.4 is 0 Å². The molecule has 70 valence electrons. The summed E-state index contributed by atoms with van der Waals surface area (Å²) in [6.07, 6.45) is 3.33. The molecular formula is C10H19NO. The molecular weight excluding hydrogens is 150 g/mol. The zero-order valence-electron chi connectivity index (χ0n) is 8.14. The molecule has 12 heavy (non-hydrogen) atoms. The maximum absolute atomic E-state index is 9.36. The van der Waals surface area contributed by atoms with Crippen molar-refractivity contribution < 1.29 is 5.21 Å². The lowest BCUT2D eigenvalue weighted by Crippen LogP contribution is -2.39. The molecule has 1 saturated heterocycles. The lowest BCUT2D eigenvalue weighted by atomic mass is 9.78. The maximum atomic E-state index is 9.36. The highest BCUT2D eigenvalue weighted by Gasteiger charge is 2.29. The smallest absolute Gasteiger partial charge is 0.0295 e. The van der Waals surface area contributed by atoms with Gasteiger partial charge in [0, 0.05) is 13.1 Å². The number of hydroxylamine groups is 2. The van der Waals surface area contributed by atoms with Crippen LogP contribution in [0.15, 0.2) is 12.2 Å². The van der Waals surface area contributed by atoms with Gasteiger partial charge in [0.05, 0.1) is 0 Å². The molecule has 1 atom stereocenters. The average molecular weight is 169 g/mol. The van der Waals surface area contributed by atoms with E-state index in [0.717, 1.165) is 25.9 Å². The molecule has 0 bridgehead atoms. The van der Waals surface area contributed by atoms with Gasteiger partial charge in [-0.3, -0.25) is 0 Å². The van der Waals surface area contributed by atoms with Crippen molar-refractivity contribution in [1.82, 2.24) is 5.06 Å². The van der Waals surface area contributed by atoms with Gasteiger partial charge in [-0.25, -0.2) is 0 Å². The van der Waals surface area contributed by atoms with Gasteiger partial charge in [-0.05, 0) is 31.6 Å². The Morgan fingerprint density at radius 1 is 1.67 bits per heavy atom. The second-order valence-electron chi connectivity index (χ2n) is 4.44. The Morgan fingerprint density at radius 3 is 2.83 bits per heavy atom. The molecule has 0 amide bonds. The molecule has 1 aliphatic rings. The molecule has 0 unspecified atom stereocenters. The summed E-state index contributed by atoms with van der Waals surface area (Å²) in [5.74, 6) is 0. The predicted molar refractivity (Wildman–Crippen MR) is 50.1 cm³/mol. The number of rotatable bonds is 2. The topological polar surface area (TPSA) is 23.5 Å². The Balaban J connectivity index is 2.51. The van der Waals surface area contributed by atoms with Crippen molar-refractivity contribution in [2.75, 3.05) is 13.1 Å². The van der Waals surface area contributed by atoms with Crippen molar-refractivity contribution in [2.45, 2.75) is 33.1 Å². The van der Waals surface area contributed by atoms with Gasteiger partial charge in [0.15, 0.2) is 0 Å². The first-order chi connectivity index (χ1) is 5.52. The summed E-state index contributed by atoms with van der Waals surface area (Å²) in [5.41, 5.74) is 1.46. The molecule has 0 radical (unpaired) electrons. The summed E-state index contributed by atoms with van der Waals surface area (Å²) in [6.45, 7) is 9.82. The molecule has 1 heterocycles. The summed E-state index contributed by atoms with van der Waals surface area (Å²) < 4.78 is 0.